The van der Waals surface area contributed by atoms with Gasteiger partial charge in [-0.3, -0.25) is 4.57 Å². The summed E-state index contributed by atoms with van der Waals surface area (Å²) in [6.45, 7) is 2.32. The Morgan fingerprint density at radius 3 is 2.60 bits per heavy atom. The number of carbonyl (C=O) groups is 1. The van der Waals surface area contributed by atoms with Gasteiger partial charge in [-0.2, -0.15) is 0 Å². The molecule has 7 heteroatoms. The van der Waals surface area contributed by atoms with Crippen LogP contribution in [0.1, 0.15) is 0 Å². The highest BCUT2D eigenvalue weighted by molar-refractivity contribution is 5.80. The van der Waals surface area contributed by atoms with Crippen molar-refractivity contribution >= 4 is 22.8 Å². The molecule has 0 aliphatic carbocycles. The minimum absolute atomic E-state index is 0.132. The average Bonchev–Trinajstić information content (AvgIpc) is 2.74. The van der Waals surface area contributed by atoms with Gasteiger partial charge in [0.15, 0.2) is 0 Å². The van der Waals surface area contributed by atoms with Crippen LogP contribution in [0.15, 0.2) is 23.0 Å². The van der Waals surface area contributed by atoms with Gasteiger partial charge in [0.1, 0.15) is 0 Å². The molecular formula is C13H16N4O3. The van der Waals surface area contributed by atoms with Crippen LogP contribution in [0.25, 0.3) is 11.0 Å². The Morgan fingerprint density at radius 2 is 1.95 bits per heavy atom. The summed E-state index contributed by atoms with van der Waals surface area (Å²) in [5, 5.41) is 8.94. The van der Waals surface area contributed by atoms with Crippen LogP contribution < -0.4 is 10.6 Å². The molecule has 1 aliphatic rings. The molecule has 1 amide bonds. The molecule has 0 bridgehead atoms. The van der Waals surface area contributed by atoms with Gasteiger partial charge in [0.25, 0.3) is 0 Å². The molecule has 1 fully saturated rings. The number of hydrogen-bond donors (Lipinski definition) is 2. The van der Waals surface area contributed by atoms with Crippen LogP contribution in [-0.2, 0) is 7.05 Å². The van der Waals surface area contributed by atoms with Crippen LogP contribution in [0.2, 0.25) is 0 Å². The minimum atomic E-state index is -0.867. The third-order valence-electron chi connectivity index (χ3n) is 3.80. The fourth-order valence-corrected chi connectivity index (χ4v) is 2.56. The van der Waals surface area contributed by atoms with Gasteiger partial charge in [0, 0.05) is 38.9 Å². The maximum atomic E-state index is 11.6. The second-order valence-corrected chi connectivity index (χ2v) is 4.95. The SMILES string of the molecule is Cn1c(=O)[nH]c2ccc(N3CCN(C(=O)O)CC3)cc21. The second-order valence-electron chi connectivity index (χ2n) is 4.95. The molecule has 0 spiro atoms. The zero-order valence-electron chi connectivity index (χ0n) is 11.2. The van der Waals surface area contributed by atoms with Gasteiger partial charge >= 0.3 is 11.8 Å². The molecule has 0 saturated carbocycles. The quantitative estimate of drug-likeness (QED) is 0.802. The number of anilines is 1. The van der Waals surface area contributed by atoms with Crippen molar-refractivity contribution in [2.24, 2.45) is 7.05 Å². The van der Waals surface area contributed by atoms with Gasteiger partial charge in [0.2, 0.25) is 0 Å². The highest BCUT2D eigenvalue weighted by Crippen LogP contribution is 2.21. The zero-order chi connectivity index (χ0) is 14.3. The number of aromatic nitrogens is 2. The maximum absolute atomic E-state index is 11.6. The van der Waals surface area contributed by atoms with Gasteiger partial charge in [-0.05, 0) is 18.2 Å². The summed E-state index contributed by atoms with van der Waals surface area (Å²) < 4.78 is 1.58. The van der Waals surface area contributed by atoms with Crippen molar-refractivity contribution in [1.82, 2.24) is 14.5 Å². The van der Waals surface area contributed by atoms with Crippen LogP contribution in [0.5, 0.6) is 0 Å². The van der Waals surface area contributed by atoms with Crippen molar-refractivity contribution in [3.8, 4) is 0 Å². The first-order valence-corrected chi connectivity index (χ1v) is 6.48. The molecule has 3 rings (SSSR count). The number of piperazine rings is 1. The molecule has 106 valence electrons. The fraction of sp³-hybridized carbons (Fsp3) is 0.385. The Labute approximate surface area is 115 Å². The van der Waals surface area contributed by atoms with Crippen molar-refractivity contribution in [3.63, 3.8) is 0 Å². The molecule has 20 heavy (non-hydrogen) atoms. The molecule has 2 aromatic rings. The van der Waals surface area contributed by atoms with E-state index in [1.165, 1.54) is 4.90 Å². The predicted molar refractivity (Wildman–Crippen MR) is 75.4 cm³/mol. The fourth-order valence-electron chi connectivity index (χ4n) is 2.56. The molecule has 2 N–H and O–H groups in total. The van der Waals surface area contributed by atoms with E-state index >= 15 is 0 Å². The summed E-state index contributed by atoms with van der Waals surface area (Å²) in [5.74, 6) is 0. The maximum Gasteiger partial charge on any atom is 0.407 e. The molecule has 7 nitrogen and oxygen atoms in total. The Balaban J connectivity index is 1.86. The number of rotatable bonds is 1. The van der Waals surface area contributed by atoms with E-state index < -0.39 is 6.09 Å². The Hall–Kier alpha value is -2.44. The third-order valence-corrected chi connectivity index (χ3v) is 3.80. The summed E-state index contributed by atoms with van der Waals surface area (Å²) in [7, 11) is 1.73. The summed E-state index contributed by atoms with van der Waals surface area (Å²) in [6, 6.07) is 5.80. The first kappa shape index (κ1) is 12.6. The summed E-state index contributed by atoms with van der Waals surface area (Å²) in [6.07, 6.45) is -0.867. The first-order chi connectivity index (χ1) is 9.56. The molecule has 1 aromatic carbocycles. The molecule has 1 saturated heterocycles. The molecule has 0 atom stereocenters. The Kier molecular flexibility index (Phi) is 2.89. The van der Waals surface area contributed by atoms with Crippen LogP contribution in [0.3, 0.4) is 0 Å². The van der Waals surface area contributed by atoms with E-state index in [9.17, 15) is 9.59 Å². The number of aromatic amines is 1. The number of nitrogens with zero attached hydrogens (tertiary/aromatic N) is 3. The lowest BCUT2D eigenvalue weighted by molar-refractivity contribution is 0.142. The van der Waals surface area contributed by atoms with Crippen LogP contribution in [-0.4, -0.2) is 51.8 Å². The Bertz CT molecular complexity index is 710. The predicted octanol–water partition coefficient (Wildman–Crippen LogP) is 0.667. The van der Waals surface area contributed by atoms with Crippen molar-refractivity contribution in [1.29, 1.82) is 0 Å². The topological polar surface area (TPSA) is 81.6 Å². The van der Waals surface area contributed by atoms with Gasteiger partial charge in [0.05, 0.1) is 11.0 Å². The smallest absolute Gasteiger partial charge is 0.407 e. The molecule has 0 radical (unpaired) electrons. The van der Waals surface area contributed by atoms with Crippen molar-refractivity contribution < 1.29 is 9.90 Å². The van der Waals surface area contributed by atoms with Gasteiger partial charge in [-0.1, -0.05) is 0 Å². The second kappa shape index (κ2) is 4.59. The van der Waals surface area contributed by atoms with Crippen molar-refractivity contribution in [2.45, 2.75) is 0 Å². The molecule has 1 aromatic heterocycles. The van der Waals surface area contributed by atoms with Crippen molar-refractivity contribution in [3.05, 3.63) is 28.7 Å². The highest BCUT2D eigenvalue weighted by atomic mass is 16.4. The standard InChI is InChI=1S/C13H16N4O3/c1-15-11-8-9(2-3-10(11)14-12(15)18)16-4-6-17(7-5-16)13(19)20/h2-3,8H,4-7H2,1H3,(H,14,18)(H,19,20). The third kappa shape index (κ3) is 2.01. The molecule has 0 unspecified atom stereocenters. The van der Waals surface area contributed by atoms with Gasteiger partial charge < -0.3 is 19.9 Å². The number of imidazole rings is 1. The number of carboxylic acid groups (broad SMARTS) is 1. The lowest BCUT2D eigenvalue weighted by Crippen LogP contribution is -2.48. The van der Waals surface area contributed by atoms with E-state index in [0.29, 0.717) is 26.2 Å². The zero-order valence-corrected chi connectivity index (χ0v) is 11.2. The number of nitrogens with one attached hydrogen (secondary N) is 1. The van der Waals surface area contributed by atoms with Crippen LogP contribution in [0.4, 0.5) is 10.5 Å². The minimum Gasteiger partial charge on any atom is -0.465 e. The lowest BCUT2D eigenvalue weighted by Gasteiger charge is -2.34. The van der Waals surface area contributed by atoms with E-state index in [0.717, 1.165) is 16.7 Å². The largest absolute Gasteiger partial charge is 0.465 e. The summed E-state index contributed by atoms with van der Waals surface area (Å²) in [5.41, 5.74) is 2.54. The molecular weight excluding hydrogens is 260 g/mol. The number of hydrogen-bond acceptors (Lipinski definition) is 3. The van der Waals surface area contributed by atoms with E-state index in [2.05, 4.69) is 9.88 Å². The van der Waals surface area contributed by atoms with E-state index in [-0.39, 0.29) is 5.69 Å². The number of amides is 1. The van der Waals surface area contributed by atoms with E-state index in [1.807, 2.05) is 18.2 Å². The Morgan fingerprint density at radius 1 is 1.25 bits per heavy atom. The normalized spacial score (nSPS) is 15.8. The van der Waals surface area contributed by atoms with Gasteiger partial charge in [-0.25, -0.2) is 9.59 Å². The summed E-state index contributed by atoms with van der Waals surface area (Å²) in [4.78, 5) is 28.8. The van der Waals surface area contributed by atoms with Crippen LogP contribution >= 0.6 is 0 Å². The van der Waals surface area contributed by atoms with Gasteiger partial charge in [-0.15, -0.1) is 0 Å². The monoisotopic (exact) mass is 276 g/mol. The van der Waals surface area contributed by atoms with E-state index in [1.54, 1.807) is 11.6 Å². The molecule has 1 aliphatic heterocycles. The average molecular weight is 276 g/mol. The first-order valence-electron chi connectivity index (χ1n) is 6.48. The number of H-pyrrole nitrogens is 1. The molecule has 2 heterocycles. The number of fused-ring (bicyclic) bond motifs is 1. The summed E-state index contributed by atoms with van der Waals surface area (Å²) >= 11 is 0. The van der Waals surface area contributed by atoms with Crippen LogP contribution in [0, 0.1) is 0 Å². The van der Waals surface area contributed by atoms with Crippen molar-refractivity contribution in [2.75, 3.05) is 31.1 Å². The highest BCUT2D eigenvalue weighted by Gasteiger charge is 2.20. The lowest BCUT2D eigenvalue weighted by atomic mass is 10.2. The number of benzene rings is 1. The number of aryl methyl sites for hydroxylation is 1. The van der Waals surface area contributed by atoms with E-state index in [4.69, 9.17) is 5.11 Å².